The fraction of sp³-hybridized carbons (Fsp3) is 0. The normalized spacial score (nSPS) is 10.3. The van der Waals surface area contributed by atoms with Gasteiger partial charge in [-0.2, -0.15) is 5.21 Å². The number of amides is 1. The maximum absolute atomic E-state index is 11.8. The Kier molecular flexibility index (Phi) is 3.03. The zero-order valence-electron chi connectivity index (χ0n) is 9.70. The number of hydrogen-bond acceptors (Lipinski definition) is 5. The van der Waals surface area contributed by atoms with Crippen molar-refractivity contribution in [3.05, 3.63) is 46.7 Å². The molecule has 0 saturated heterocycles. The van der Waals surface area contributed by atoms with E-state index in [0.29, 0.717) is 10.7 Å². The average Bonchev–Trinajstić information content (AvgIpc) is 3.13. The van der Waals surface area contributed by atoms with Gasteiger partial charge in [-0.25, -0.2) is 0 Å². The summed E-state index contributed by atoms with van der Waals surface area (Å²) in [7, 11) is 0. The van der Waals surface area contributed by atoms with Crippen LogP contribution in [0.2, 0.25) is 0 Å². The first-order chi connectivity index (χ1) is 9.33. The van der Waals surface area contributed by atoms with Crippen molar-refractivity contribution in [2.75, 3.05) is 5.32 Å². The minimum Gasteiger partial charge on any atom is -0.321 e. The predicted molar refractivity (Wildman–Crippen MR) is 71.9 cm³/mol. The van der Waals surface area contributed by atoms with Crippen LogP contribution in [0, 0.1) is 0 Å². The van der Waals surface area contributed by atoms with Crippen LogP contribution in [0.1, 0.15) is 9.67 Å². The summed E-state index contributed by atoms with van der Waals surface area (Å²) in [5.41, 5.74) is 1.56. The molecule has 7 heteroatoms. The van der Waals surface area contributed by atoms with Crippen LogP contribution in [-0.4, -0.2) is 26.5 Å². The van der Waals surface area contributed by atoms with E-state index in [1.54, 1.807) is 18.2 Å². The van der Waals surface area contributed by atoms with Crippen molar-refractivity contribution in [1.82, 2.24) is 20.6 Å². The third-order valence-electron chi connectivity index (χ3n) is 2.49. The number of anilines is 1. The molecule has 1 amide bonds. The fourth-order valence-corrected chi connectivity index (χ4v) is 2.21. The van der Waals surface area contributed by atoms with E-state index in [0.717, 1.165) is 11.3 Å². The van der Waals surface area contributed by atoms with Crippen LogP contribution in [0.15, 0.2) is 41.8 Å². The van der Waals surface area contributed by atoms with Crippen molar-refractivity contribution in [2.45, 2.75) is 0 Å². The van der Waals surface area contributed by atoms with E-state index in [9.17, 15) is 4.79 Å². The van der Waals surface area contributed by atoms with Crippen molar-refractivity contribution < 1.29 is 4.79 Å². The maximum Gasteiger partial charge on any atom is 0.265 e. The lowest BCUT2D eigenvalue weighted by molar-refractivity contribution is 0.103. The maximum atomic E-state index is 11.8. The monoisotopic (exact) mass is 271 g/mol. The summed E-state index contributed by atoms with van der Waals surface area (Å²) < 4.78 is 0. The number of thiophene rings is 1. The molecular weight excluding hydrogens is 262 g/mol. The molecule has 0 spiro atoms. The van der Waals surface area contributed by atoms with Crippen LogP contribution in [0.5, 0.6) is 0 Å². The molecule has 3 aromatic rings. The lowest BCUT2D eigenvalue weighted by Crippen LogP contribution is -2.09. The van der Waals surface area contributed by atoms with Crippen LogP contribution < -0.4 is 5.32 Å². The molecule has 0 bridgehead atoms. The predicted octanol–water partition coefficient (Wildman–Crippen LogP) is 2.18. The number of H-pyrrole nitrogens is 1. The summed E-state index contributed by atoms with van der Waals surface area (Å²) in [4.78, 5) is 12.5. The molecule has 0 unspecified atom stereocenters. The van der Waals surface area contributed by atoms with E-state index in [4.69, 9.17) is 0 Å². The first-order valence-corrected chi connectivity index (χ1v) is 6.39. The van der Waals surface area contributed by atoms with Crippen molar-refractivity contribution in [1.29, 1.82) is 0 Å². The molecule has 3 rings (SSSR count). The van der Waals surface area contributed by atoms with Crippen molar-refractivity contribution in [2.24, 2.45) is 0 Å². The van der Waals surface area contributed by atoms with Gasteiger partial charge in [-0.3, -0.25) is 4.79 Å². The third kappa shape index (κ3) is 2.50. The lowest BCUT2D eigenvalue weighted by Gasteiger charge is -2.03. The van der Waals surface area contributed by atoms with Crippen LogP contribution >= 0.6 is 11.3 Å². The topological polar surface area (TPSA) is 83.6 Å². The van der Waals surface area contributed by atoms with Crippen LogP contribution in [0.3, 0.4) is 0 Å². The minimum absolute atomic E-state index is 0.109. The van der Waals surface area contributed by atoms with Gasteiger partial charge in [0.25, 0.3) is 5.91 Å². The highest BCUT2D eigenvalue weighted by atomic mass is 32.1. The highest BCUT2D eigenvalue weighted by molar-refractivity contribution is 7.12. The Bertz CT molecular complexity index is 661. The Labute approximate surface area is 112 Å². The zero-order valence-corrected chi connectivity index (χ0v) is 10.5. The van der Waals surface area contributed by atoms with Crippen LogP contribution in [0.4, 0.5) is 5.69 Å². The van der Waals surface area contributed by atoms with Gasteiger partial charge in [-0.05, 0) is 40.9 Å². The second-order valence-electron chi connectivity index (χ2n) is 3.74. The Morgan fingerprint density at radius 2 is 2.05 bits per heavy atom. The second kappa shape index (κ2) is 4.99. The molecule has 0 aliphatic heterocycles. The Morgan fingerprint density at radius 3 is 2.68 bits per heavy atom. The molecule has 94 valence electrons. The highest BCUT2D eigenvalue weighted by Crippen LogP contribution is 2.18. The van der Waals surface area contributed by atoms with Crippen molar-refractivity contribution in [3.8, 4) is 11.4 Å². The van der Waals surface area contributed by atoms with Gasteiger partial charge >= 0.3 is 0 Å². The Morgan fingerprint density at radius 1 is 1.21 bits per heavy atom. The van der Waals surface area contributed by atoms with E-state index < -0.39 is 0 Å². The quantitative estimate of drug-likeness (QED) is 0.764. The van der Waals surface area contributed by atoms with Gasteiger partial charge in [0, 0.05) is 11.3 Å². The number of rotatable bonds is 3. The third-order valence-corrected chi connectivity index (χ3v) is 3.36. The number of hydrogen-bond donors (Lipinski definition) is 2. The smallest absolute Gasteiger partial charge is 0.265 e. The van der Waals surface area contributed by atoms with E-state index in [1.165, 1.54) is 11.3 Å². The molecule has 2 heterocycles. The molecule has 0 saturated carbocycles. The standard InChI is InChI=1S/C12H9N5OS/c18-12(10-2-1-7-19-10)13-9-5-3-8(4-6-9)11-14-16-17-15-11/h1-7H,(H,13,18)(H,14,15,16,17). The number of carbonyl (C=O) groups excluding carboxylic acids is 1. The molecule has 0 atom stereocenters. The average molecular weight is 271 g/mol. The highest BCUT2D eigenvalue weighted by Gasteiger charge is 2.07. The Hall–Kier alpha value is -2.54. The summed E-state index contributed by atoms with van der Waals surface area (Å²) >= 11 is 1.41. The molecule has 0 fully saturated rings. The summed E-state index contributed by atoms with van der Waals surface area (Å²) in [5, 5.41) is 18.4. The number of tetrazole rings is 1. The van der Waals surface area contributed by atoms with Gasteiger partial charge in [0.1, 0.15) is 0 Å². The summed E-state index contributed by atoms with van der Waals surface area (Å²) in [6.07, 6.45) is 0. The van der Waals surface area contributed by atoms with E-state index >= 15 is 0 Å². The molecule has 19 heavy (non-hydrogen) atoms. The van der Waals surface area contributed by atoms with E-state index in [-0.39, 0.29) is 5.91 Å². The molecule has 1 aromatic carbocycles. The zero-order chi connectivity index (χ0) is 13.1. The van der Waals surface area contributed by atoms with Gasteiger partial charge < -0.3 is 5.32 Å². The minimum atomic E-state index is -0.109. The SMILES string of the molecule is O=C(Nc1ccc(-c2nn[nH]n2)cc1)c1cccs1. The molecule has 0 aliphatic carbocycles. The van der Waals surface area contributed by atoms with E-state index in [1.807, 2.05) is 23.6 Å². The number of benzene rings is 1. The van der Waals surface area contributed by atoms with Crippen LogP contribution in [-0.2, 0) is 0 Å². The molecule has 2 N–H and O–H groups in total. The largest absolute Gasteiger partial charge is 0.321 e. The summed E-state index contributed by atoms with van der Waals surface area (Å²) in [6.45, 7) is 0. The van der Waals surface area contributed by atoms with Crippen molar-refractivity contribution in [3.63, 3.8) is 0 Å². The molecular formula is C12H9N5OS. The van der Waals surface area contributed by atoms with Gasteiger partial charge in [0.15, 0.2) is 0 Å². The van der Waals surface area contributed by atoms with Gasteiger partial charge in [0.05, 0.1) is 4.88 Å². The first-order valence-electron chi connectivity index (χ1n) is 5.52. The van der Waals surface area contributed by atoms with Crippen LogP contribution in [0.25, 0.3) is 11.4 Å². The van der Waals surface area contributed by atoms with Gasteiger partial charge in [-0.1, -0.05) is 6.07 Å². The summed E-state index contributed by atoms with van der Waals surface area (Å²) in [6, 6.07) is 10.9. The second-order valence-corrected chi connectivity index (χ2v) is 4.69. The number of nitrogens with one attached hydrogen (secondary N) is 2. The van der Waals surface area contributed by atoms with Crippen molar-refractivity contribution >= 4 is 22.9 Å². The lowest BCUT2D eigenvalue weighted by atomic mass is 10.2. The number of aromatic amines is 1. The molecule has 6 nitrogen and oxygen atoms in total. The Balaban J connectivity index is 1.75. The number of aromatic nitrogens is 4. The fourth-order valence-electron chi connectivity index (χ4n) is 1.59. The summed E-state index contributed by atoms with van der Waals surface area (Å²) in [5.74, 6) is 0.415. The van der Waals surface area contributed by atoms with E-state index in [2.05, 4.69) is 25.9 Å². The number of nitrogens with zero attached hydrogens (tertiary/aromatic N) is 3. The number of carbonyl (C=O) groups is 1. The van der Waals surface area contributed by atoms with Gasteiger partial charge in [-0.15, -0.1) is 21.5 Å². The molecule has 0 radical (unpaired) electrons. The molecule has 2 aromatic heterocycles. The first kappa shape index (κ1) is 11.5. The molecule has 0 aliphatic rings. The van der Waals surface area contributed by atoms with Gasteiger partial charge in [0.2, 0.25) is 5.82 Å².